The van der Waals surface area contributed by atoms with Gasteiger partial charge in [0.05, 0.1) is 11.9 Å². The van der Waals surface area contributed by atoms with Crippen LogP contribution in [-0.2, 0) is 0 Å². The van der Waals surface area contributed by atoms with E-state index >= 15 is 0 Å². The molecule has 4 rings (SSSR count). The van der Waals surface area contributed by atoms with Crippen LogP contribution < -0.4 is 4.74 Å². The second kappa shape index (κ2) is 5.98. The largest absolute Gasteiger partial charge is 0.438 e. The number of hydrogen-bond donors (Lipinski definition) is 0. The predicted molar refractivity (Wildman–Crippen MR) is 92.6 cm³/mol. The van der Waals surface area contributed by atoms with Gasteiger partial charge in [-0.05, 0) is 49.2 Å². The molecule has 2 aromatic carbocycles. The van der Waals surface area contributed by atoms with Gasteiger partial charge in [-0.15, -0.1) is 0 Å². The van der Waals surface area contributed by atoms with Gasteiger partial charge in [0.1, 0.15) is 23.3 Å². The Morgan fingerprint density at radius 3 is 2.68 bits per heavy atom. The van der Waals surface area contributed by atoms with Gasteiger partial charge in [-0.1, -0.05) is 12.1 Å². The Bertz CT molecular complexity index is 1070. The van der Waals surface area contributed by atoms with Crippen molar-refractivity contribution in [1.29, 1.82) is 0 Å². The molecule has 5 nitrogen and oxygen atoms in total. The Morgan fingerprint density at radius 1 is 1.00 bits per heavy atom. The number of nitrogens with zero attached hydrogens (tertiary/aromatic N) is 4. The number of rotatable bonds is 3. The molecule has 25 heavy (non-hydrogen) atoms. The molecule has 0 atom stereocenters. The number of aryl methyl sites for hydroxylation is 2. The van der Waals surface area contributed by atoms with E-state index in [1.807, 2.05) is 12.1 Å². The second-order valence-corrected chi connectivity index (χ2v) is 5.80. The molecular formula is C19H15FN4O. The van der Waals surface area contributed by atoms with Gasteiger partial charge >= 0.3 is 0 Å². The first-order valence-corrected chi connectivity index (χ1v) is 7.81. The van der Waals surface area contributed by atoms with Gasteiger partial charge in [-0.2, -0.15) is 5.10 Å². The maximum atomic E-state index is 13.4. The van der Waals surface area contributed by atoms with E-state index in [9.17, 15) is 4.39 Å². The Balaban J connectivity index is 1.79. The van der Waals surface area contributed by atoms with E-state index in [1.54, 1.807) is 23.0 Å². The smallest absolute Gasteiger partial charge is 0.233 e. The molecule has 0 amide bonds. The van der Waals surface area contributed by atoms with Crippen molar-refractivity contribution in [2.24, 2.45) is 0 Å². The molecule has 0 spiro atoms. The molecule has 0 aliphatic carbocycles. The third-order valence-corrected chi connectivity index (χ3v) is 4.07. The first-order valence-electron chi connectivity index (χ1n) is 7.81. The van der Waals surface area contributed by atoms with Crippen molar-refractivity contribution in [3.63, 3.8) is 0 Å². The lowest BCUT2D eigenvalue weighted by molar-refractivity contribution is 0.463. The minimum atomic E-state index is -0.367. The molecule has 0 N–H and O–H groups in total. The Kier molecular flexibility index (Phi) is 3.65. The summed E-state index contributed by atoms with van der Waals surface area (Å²) in [4.78, 5) is 8.49. The zero-order chi connectivity index (χ0) is 17.4. The fraction of sp³-hybridized carbons (Fsp3) is 0.105. The average Bonchev–Trinajstić information content (AvgIpc) is 3.03. The molecule has 0 fully saturated rings. The van der Waals surface area contributed by atoms with E-state index in [-0.39, 0.29) is 5.82 Å². The highest BCUT2D eigenvalue weighted by molar-refractivity contribution is 5.81. The molecule has 0 saturated carbocycles. The van der Waals surface area contributed by atoms with Gasteiger partial charge in [0.15, 0.2) is 5.65 Å². The molecule has 0 aliphatic rings. The van der Waals surface area contributed by atoms with Crippen LogP contribution in [0.15, 0.2) is 55.0 Å². The summed E-state index contributed by atoms with van der Waals surface area (Å²) in [5.41, 5.74) is 3.93. The fourth-order valence-corrected chi connectivity index (χ4v) is 2.59. The van der Waals surface area contributed by atoms with Crippen LogP contribution in [0.4, 0.5) is 4.39 Å². The van der Waals surface area contributed by atoms with Crippen molar-refractivity contribution in [2.75, 3.05) is 0 Å². The summed E-state index contributed by atoms with van der Waals surface area (Å²) >= 11 is 0. The Morgan fingerprint density at radius 2 is 1.88 bits per heavy atom. The van der Waals surface area contributed by atoms with E-state index < -0.39 is 0 Å². The summed E-state index contributed by atoms with van der Waals surface area (Å²) < 4.78 is 20.8. The summed E-state index contributed by atoms with van der Waals surface area (Å²) in [5.74, 6) is 0.346. The number of ether oxygens (including phenoxy) is 1. The second-order valence-electron chi connectivity index (χ2n) is 5.80. The van der Waals surface area contributed by atoms with Crippen molar-refractivity contribution < 1.29 is 9.13 Å². The normalized spacial score (nSPS) is 11.0. The summed E-state index contributed by atoms with van der Waals surface area (Å²) in [7, 11) is 0. The van der Waals surface area contributed by atoms with E-state index in [2.05, 4.69) is 35.0 Å². The van der Waals surface area contributed by atoms with E-state index in [4.69, 9.17) is 4.74 Å². The first-order chi connectivity index (χ1) is 12.1. The third-order valence-electron chi connectivity index (χ3n) is 4.07. The van der Waals surface area contributed by atoms with Crippen LogP contribution >= 0.6 is 0 Å². The van der Waals surface area contributed by atoms with Crippen molar-refractivity contribution in [2.45, 2.75) is 13.8 Å². The topological polar surface area (TPSA) is 52.8 Å². The maximum Gasteiger partial charge on any atom is 0.233 e. The van der Waals surface area contributed by atoms with Crippen molar-refractivity contribution in [3.8, 4) is 17.3 Å². The highest BCUT2D eigenvalue weighted by Crippen LogP contribution is 2.28. The molecule has 2 aromatic heterocycles. The average molecular weight is 334 g/mol. The molecular weight excluding hydrogens is 319 g/mol. The van der Waals surface area contributed by atoms with Crippen LogP contribution in [0, 0.1) is 19.7 Å². The highest BCUT2D eigenvalue weighted by atomic mass is 19.1. The molecule has 0 radical (unpaired) electrons. The van der Waals surface area contributed by atoms with Gasteiger partial charge in [0.2, 0.25) is 5.88 Å². The quantitative estimate of drug-likeness (QED) is 0.558. The van der Waals surface area contributed by atoms with Crippen molar-refractivity contribution >= 4 is 11.0 Å². The molecule has 0 unspecified atom stereocenters. The lowest BCUT2D eigenvalue weighted by atomic mass is 10.1. The first kappa shape index (κ1) is 15.3. The number of benzene rings is 2. The molecule has 4 aromatic rings. The number of halogens is 1. The van der Waals surface area contributed by atoms with Gasteiger partial charge in [-0.25, -0.2) is 19.0 Å². The number of aromatic nitrogens is 4. The summed E-state index contributed by atoms with van der Waals surface area (Å²) in [6, 6.07) is 12.0. The number of fused-ring (bicyclic) bond motifs is 1. The maximum absolute atomic E-state index is 13.4. The molecule has 6 heteroatoms. The molecule has 0 aliphatic heterocycles. The predicted octanol–water partition coefficient (Wildman–Crippen LogP) is 4.36. The fourth-order valence-electron chi connectivity index (χ4n) is 2.59. The monoisotopic (exact) mass is 334 g/mol. The van der Waals surface area contributed by atoms with Crippen LogP contribution in [0.1, 0.15) is 11.1 Å². The third kappa shape index (κ3) is 2.82. The van der Waals surface area contributed by atoms with Crippen LogP contribution in [0.2, 0.25) is 0 Å². The zero-order valence-electron chi connectivity index (χ0n) is 13.8. The minimum absolute atomic E-state index is 0.339. The standard InChI is InChI=1S/C19H15FN4O/c1-12-6-7-15(8-13(12)2)24-18-17(10-23-24)19(22-11-21-18)25-16-5-3-4-14(20)9-16/h3-11H,1-2H3. The van der Waals surface area contributed by atoms with Gasteiger partial charge in [-0.3, -0.25) is 0 Å². The summed E-state index contributed by atoms with van der Waals surface area (Å²) in [5, 5.41) is 5.07. The van der Waals surface area contributed by atoms with Crippen molar-refractivity contribution in [3.05, 3.63) is 71.9 Å². The van der Waals surface area contributed by atoms with Gasteiger partial charge in [0.25, 0.3) is 0 Å². The molecule has 124 valence electrons. The SMILES string of the molecule is Cc1ccc(-n2ncc3c(Oc4cccc(F)c4)ncnc32)cc1C. The van der Waals surface area contributed by atoms with Crippen LogP contribution in [0.5, 0.6) is 11.6 Å². The Labute approximate surface area is 143 Å². The zero-order valence-corrected chi connectivity index (χ0v) is 13.8. The van der Waals surface area contributed by atoms with E-state index in [0.717, 1.165) is 5.69 Å². The molecule has 2 heterocycles. The van der Waals surface area contributed by atoms with Gasteiger partial charge in [0, 0.05) is 6.07 Å². The van der Waals surface area contributed by atoms with Crippen LogP contribution in [0.3, 0.4) is 0 Å². The van der Waals surface area contributed by atoms with Crippen LogP contribution in [0.25, 0.3) is 16.7 Å². The summed E-state index contributed by atoms with van der Waals surface area (Å²) in [6.45, 7) is 4.12. The Hall–Kier alpha value is -3.28. The van der Waals surface area contributed by atoms with Crippen molar-refractivity contribution in [1.82, 2.24) is 19.7 Å². The lowest BCUT2D eigenvalue weighted by Crippen LogP contribution is -1.99. The lowest BCUT2D eigenvalue weighted by Gasteiger charge is -2.07. The van der Waals surface area contributed by atoms with Crippen LogP contribution in [-0.4, -0.2) is 19.7 Å². The molecule has 0 saturated heterocycles. The molecule has 0 bridgehead atoms. The van der Waals surface area contributed by atoms with E-state index in [0.29, 0.717) is 22.7 Å². The number of hydrogen-bond acceptors (Lipinski definition) is 4. The summed E-state index contributed by atoms with van der Waals surface area (Å²) in [6.07, 6.45) is 3.06. The van der Waals surface area contributed by atoms with E-state index in [1.165, 1.54) is 29.6 Å². The minimum Gasteiger partial charge on any atom is -0.438 e. The van der Waals surface area contributed by atoms with Gasteiger partial charge < -0.3 is 4.74 Å². The highest BCUT2D eigenvalue weighted by Gasteiger charge is 2.13.